The van der Waals surface area contributed by atoms with E-state index >= 15 is 0 Å². The molecule has 0 aliphatic carbocycles. The Bertz CT molecular complexity index is 867. The van der Waals surface area contributed by atoms with Crippen molar-refractivity contribution in [1.82, 2.24) is 0 Å². The largest absolute Gasteiger partial charge is 0.469 e. The Morgan fingerprint density at radius 1 is 0.923 bits per heavy atom. The number of benzene rings is 2. The monoisotopic (exact) mass is 376 g/mol. The highest BCUT2D eigenvalue weighted by Crippen LogP contribution is 2.16. The van der Waals surface area contributed by atoms with Crippen LogP contribution in [0.1, 0.15) is 17.5 Å². The summed E-state index contributed by atoms with van der Waals surface area (Å²) >= 11 is 0. The topological polar surface area (TPSA) is 86.7 Å². The summed E-state index contributed by atoms with van der Waals surface area (Å²) in [5.41, 5.74) is 1.68. The van der Waals surface area contributed by atoms with Crippen LogP contribution in [0.2, 0.25) is 0 Å². The van der Waals surface area contributed by atoms with E-state index < -0.39 is 15.8 Å². The number of carbonyl (C=O) groups is 2. The lowest BCUT2D eigenvalue weighted by molar-refractivity contribution is -0.139. The van der Waals surface area contributed by atoms with Gasteiger partial charge in [-0.2, -0.15) is 0 Å². The average molecular weight is 376 g/mol. The van der Waals surface area contributed by atoms with Crippen molar-refractivity contribution in [2.75, 3.05) is 12.9 Å². The predicted octanol–water partition coefficient (Wildman–Crippen LogP) is 2.48. The first-order valence-electron chi connectivity index (χ1n) is 7.96. The smallest absolute Gasteiger partial charge is 0.312 e. The van der Waals surface area contributed by atoms with Gasteiger partial charge in [-0.1, -0.05) is 29.8 Å². The van der Waals surface area contributed by atoms with Gasteiger partial charge in [0.2, 0.25) is 0 Å². The van der Waals surface area contributed by atoms with Crippen LogP contribution in [0, 0.1) is 6.92 Å². The fourth-order valence-corrected chi connectivity index (χ4v) is 3.40. The standard InChI is InChI=1S/C19H20O6S/c1-14-3-9-17(10-4-14)26(22,23)12-11-18(20)25-16-7-5-15(6-8-16)13-19(21)24-2/h3-10H,11-13H2,1-2H3. The van der Waals surface area contributed by atoms with Crippen LogP contribution in [0.4, 0.5) is 0 Å². The van der Waals surface area contributed by atoms with Gasteiger partial charge in [0, 0.05) is 0 Å². The Kier molecular flexibility index (Phi) is 6.52. The number of sulfone groups is 1. The van der Waals surface area contributed by atoms with E-state index in [1.165, 1.54) is 19.2 Å². The molecule has 0 radical (unpaired) electrons. The van der Waals surface area contributed by atoms with Crippen LogP contribution >= 0.6 is 0 Å². The van der Waals surface area contributed by atoms with Crippen LogP contribution in [0.25, 0.3) is 0 Å². The molecule has 0 aliphatic rings. The minimum atomic E-state index is -3.54. The molecule has 0 aromatic heterocycles. The van der Waals surface area contributed by atoms with Crippen molar-refractivity contribution in [3.05, 3.63) is 59.7 Å². The predicted molar refractivity (Wildman–Crippen MR) is 95.6 cm³/mol. The lowest BCUT2D eigenvalue weighted by Crippen LogP contribution is -2.15. The van der Waals surface area contributed by atoms with Gasteiger partial charge in [-0.05, 0) is 36.8 Å². The van der Waals surface area contributed by atoms with Crippen molar-refractivity contribution in [2.45, 2.75) is 24.7 Å². The van der Waals surface area contributed by atoms with Crippen molar-refractivity contribution < 1.29 is 27.5 Å². The van der Waals surface area contributed by atoms with E-state index in [1.807, 2.05) is 6.92 Å². The van der Waals surface area contributed by atoms with E-state index in [9.17, 15) is 18.0 Å². The van der Waals surface area contributed by atoms with E-state index in [0.717, 1.165) is 11.1 Å². The Hall–Kier alpha value is -2.67. The van der Waals surface area contributed by atoms with E-state index in [0.29, 0.717) is 0 Å². The maximum atomic E-state index is 12.2. The van der Waals surface area contributed by atoms with Gasteiger partial charge in [0.1, 0.15) is 5.75 Å². The molecular weight excluding hydrogens is 356 g/mol. The van der Waals surface area contributed by atoms with Gasteiger partial charge < -0.3 is 9.47 Å². The molecule has 7 heteroatoms. The van der Waals surface area contributed by atoms with Gasteiger partial charge in [-0.3, -0.25) is 9.59 Å². The molecule has 0 unspecified atom stereocenters. The van der Waals surface area contributed by atoms with Crippen molar-refractivity contribution >= 4 is 21.8 Å². The minimum absolute atomic E-state index is 0.125. The van der Waals surface area contributed by atoms with Crippen LogP contribution in [0.5, 0.6) is 5.75 Å². The Balaban J connectivity index is 1.90. The van der Waals surface area contributed by atoms with Crippen molar-refractivity contribution in [2.24, 2.45) is 0 Å². The SMILES string of the molecule is COC(=O)Cc1ccc(OC(=O)CCS(=O)(=O)c2ccc(C)cc2)cc1. The number of carbonyl (C=O) groups excluding carboxylic acids is 2. The maximum absolute atomic E-state index is 12.2. The van der Waals surface area contributed by atoms with Crippen LogP contribution in [0.3, 0.4) is 0 Å². The molecule has 0 N–H and O–H groups in total. The third kappa shape index (κ3) is 5.70. The highest BCUT2D eigenvalue weighted by atomic mass is 32.2. The molecule has 0 atom stereocenters. The number of methoxy groups -OCH3 is 1. The van der Waals surface area contributed by atoms with Crippen molar-refractivity contribution in [1.29, 1.82) is 0 Å². The number of esters is 2. The number of ether oxygens (including phenoxy) is 2. The summed E-state index contributed by atoms with van der Waals surface area (Å²) in [7, 11) is -2.23. The normalized spacial score (nSPS) is 11.0. The van der Waals surface area contributed by atoms with Gasteiger partial charge in [-0.15, -0.1) is 0 Å². The van der Waals surface area contributed by atoms with Gasteiger partial charge in [0.05, 0.1) is 30.6 Å². The molecule has 0 saturated carbocycles. The molecule has 0 fully saturated rings. The minimum Gasteiger partial charge on any atom is -0.469 e. The second-order valence-electron chi connectivity index (χ2n) is 5.75. The molecule has 2 aromatic rings. The highest BCUT2D eigenvalue weighted by Gasteiger charge is 2.17. The van der Waals surface area contributed by atoms with Crippen molar-refractivity contribution in [3.8, 4) is 5.75 Å². The molecule has 0 spiro atoms. The number of aryl methyl sites for hydroxylation is 1. The first-order valence-corrected chi connectivity index (χ1v) is 9.61. The van der Waals surface area contributed by atoms with Gasteiger partial charge in [0.15, 0.2) is 9.84 Å². The van der Waals surface area contributed by atoms with E-state index in [-0.39, 0.29) is 35.2 Å². The van der Waals surface area contributed by atoms with E-state index in [4.69, 9.17) is 4.74 Å². The van der Waals surface area contributed by atoms with Crippen LogP contribution in [-0.4, -0.2) is 33.2 Å². The molecule has 6 nitrogen and oxygen atoms in total. The summed E-state index contributed by atoms with van der Waals surface area (Å²) in [6, 6.07) is 12.8. The van der Waals surface area contributed by atoms with Crippen LogP contribution in [-0.2, 0) is 30.6 Å². The summed E-state index contributed by atoms with van der Waals surface area (Å²) in [5.74, 6) is -1.04. The molecule has 2 rings (SSSR count). The third-order valence-electron chi connectivity index (χ3n) is 3.69. The second-order valence-corrected chi connectivity index (χ2v) is 7.86. The molecule has 26 heavy (non-hydrogen) atoms. The number of hydrogen-bond acceptors (Lipinski definition) is 6. The quantitative estimate of drug-likeness (QED) is 0.545. The van der Waals surface area contributed by atoms with Gasteiger partial charge >= 0.3 is 11.9 Å². The molecule has 0 saturated heterocycles. The first-order chi connectivity index (χ1) is 12.3. The number of hydrogen-bond donors (Lipinski definition) is 0. The van der Waals surface area contributed by atoms with Crippen molar-refractivity contribution in [3.63, 3.8) is 0 Å². The van der Waals surface area contributed by atoms with Crippen LogP contribution in [0.15, 0.2) is 53.4 Å². The third-order valence-corrected chi connectivity index (χ3v) is 5.42. The maximum Gasteiger partial charge on any atom is 0.312 e. The summed E-state index contributed by atoms with van der Waals surface area (Å²) in [6.45, 7) is 1.87. The second kappa shape index (κ2) is 8.62. The molecular formula is C19H20O6S. The van der Waals surface area contributed by atoms with E-state index in [2.05, 4.69) is 4.74 Å². The molecule has 0 bridgehead atoms. The summed E-state index contributed by atoms with van der Waals surface area (Å²) < 4.78 is 34.2. The highest BCUT2D eigenvalue weighted by molar-refractivity contribution is 7.91. The summed E-state index contributed by atoms with van der Waals surface area (Å²) in [4.78, 5) is 23.3. The molecule has 0 aliphatic heterocycles. The Morgan fingerprint density at radius 3 is 2.12 bits per heavy atom. The fraction of sp³-hybridized carbons (Fsp3) is 0.263. The molecule has 0 amide bonds. The first kappa shape index (κ1) is 19.7. The Labute approximate surface area is 152 Å². The zero-order valence-electron chi connectivity index (χ0n) is 14.6. The van der Waals surface area contributed by atoms with Crippen LogP contribution < -0.4 is 4.74 Å². The zero-order valence-corrected chi connectivity index (χ0v) is 15.4. The average Bonchev–Trinajstić information content (AvgIpc) is 2.62. The Morgan fingerprint density at radius 2 is 1.54 bits per heavy atom. The molecule has 0 heterocycles. The zero-order chi connectivity index (χ0) is 19.2. The molecule has 2 aromatic carbocycles. The van der Waals surface area contributed by atoms with Gasteiger partial charge in [-0.25, -0.2) is 8.42 Å². The fourth-order valence-electron chi connectivity index (χ4n) is 2.18. The number of rotatable bonds is 7. The lowest BCUT2D eigenvalue weighted by Gasteiger charge is -2.07. The lowest BCUT2D eigenvalue weighted by atomic mass is 10.1. The summed E-state index contributed by atoms with van der Waals surface area (Å²) in [5, 5.41) is 0. The van der Waals surface area contributed by atoms with Gasteiger partial charge in [0.25, 0.3) is 0 Å². The summed E-state index contributed by atoms with van der Waals surface area (Å²) in [6.07, 6.45) is -0.125. The van der Waals surface area contributed by atoms with E-state index in [1.54, 1.807) is 36.4 Å². The molecule has 138 valence electrons.